The summed E-state index contributed by atoms with van der Waals surface area (Å²) in [5, 5.41) is 2.36. The normalized spacial score (nSPS) is 11.6. The third-order valence-electron chi connectivity index (χ3n) is 3.48. The highest BCUT2D eigenvalue weighted by Gasteiger charge is 2.18. The van der Waals surface area contributed by atoms with Crippen LogP contribution in [0.2, 0.25) is 0 Å². The Hall–Kier alpha value is -3.01. The monoisotopic (exact) mass is 334 g/mol. The van der Waals surface area contributed by atoms with Gasteiger partial charge in [0.2, 0.25) is 0 Å². The zero-order chi connectivity index (χ0) is 17.9. The summed E-state index contributed by atoms with van der Waals surface area (Å²) in [5.41, 5.74) is -0.776. The van der Waals surface area contributed by atoms with Gasteiger partial charge in [0.25, 0.3) is 11.5 Å². The van der Waals surface area contributed by atoms with E-state index in [1.165, 1.54) is 25.3 Å². The molecule has 1 amide bonds. The molecule has 1 atom stereocenters. The Kier molecular flexibility index (Phi) is 5.09. The molecule has 0 radical (unpaired) electrons. The van der Waals surface area contributed by atoms with Crippen LogP contribution in [-0.4, -0.2) is 17.0 Å². The standard InChI is InChI=1S/C17H13F3N2O2/c1-3-6-21-16(23)12-5-4-7-22(17(12)24)10(2)11-8-13(18)15(20)14(19)9-11/h1,4-5,7-10H,6H2,2H3,(H,21,23)/t10-/m0/s1. The Balaban J connectivity index is 2.44. The predicted octanol–water partition coefficient (Wildman–Crippen LogP) is 2.24. The first-order valence-corrected chi connectivity index (χ1v) is 6.94. The van der Waals surface area contributed by atoms with E-state index in [0.29, 0.717) is 0 Å². The van der Waals surface area contributed by atoms with E-state index >= 15 is 0 Å². The van der Waals surface area contributed by atoms with Gasteiger partial charge >= 0.3 is 0 Å². The summed E-state index contributed by atoms with van der Waals surface area (Å²) in [6.07, 6.45) is 6.40. The van der Waals surface area contributed by atoms with Gasteiger partial charge < -0.3 is 9.88 Å². The van der Waals surface area contributed by atoms with Crippen molar-refractivity contribution in [1.29, 1.82) is 0 Å². The number of nitrogens with one attached hydrogen (secondary N) is 1. The molecule has 1 aromatic heterocycles. The number of amides is 1. The van der Waals surface area contributed by atoms with E-state index in [-0.39, 0.29) is 17.7 Å². The van der Waals surface area contributed by atoms with Gasteiger partial charge in [-0.1, -0.05) is 5.92 Å². The lowest BCUT2D eigenvalue weighted by Crippen LogP contribution is -2.34. The van der Waals surface area contributed by atoms with Crippen LogP contribution in [0.4, 0.5) is 13.2 Å². The second-order valence-corrected chi connectivity index (χ2v) is 5.00. The van der Waals surface area contributed by atoms with Crippen molar-refractivity contribution in [2.45, 2.75) is 13.0 Å². The maximum absolute atomic E-state index is 13.4. The fraction of sp³-hybridized carbons (Fsp3) is 0.176. The fourth-order valence-electron chi connectivity index (χ4n) is 2.19. The molecule has 0 saturated heterocycles. The highest BCUT2D eigenvalue weighted by atomic mass is 19.2. The van der Waals surface area contributed by atoms with E-state index < -0.39 is 35.0 Å². The van der Waals surface area contributed by atoms with E-state index in [9.17, 15) is 22.8 Å². The van der Waals surface area contributed by atoms with Gasteiger partial charge in [-0.15, -0.1) is 6.42 Å². The minimum Gasteiger partial charge on any atom is -0.341 e. The van der Waals surface area contributed by atoms with Gasteiger partial charge in [-0.05, 0) is 36.8 Å². The summed E-state index contributed by atoms with van der Waals surface area (Å²) in [4.78, 5) is 24.3. The second-order valence-electron chi connectivity index (χ2n) is 5.00. The Bertz CT molecular complexity index is 861. The molecule has 0 saturated carbocycles. The number of hydrogen-bond acceptors (Lipinski definition) is 2. The molecule has 0 bridgehead atoms. The summed E-state index contributed by atoms with van der Waals surface area (Å²) < 4.78 is 40.9. The van der Waals surface area contributed by atoms with E-state index in [1.807, 2.05) is 0 Å². The number of aromatic nitrogens is 1. The summed E-state index contributed by atoms with van der Waals surface area (Å²) in [6, 6.07) is 3.55. The molecule has 4 nitrogen and oxygen atoms in total. The van der Waals surface area contributed by atoms with E-state index in [4.69, 9.17) is 6.42 Å². The zero-order valence-corrected chi connectivity index (χ0v) is 12.6. The molecular formula is C17H13F3N2O2. The SMILES string of the molecule is C#CCNC(=O)c1cccn([C@@H](C)c2cc(F)c(F)c(F)c2)c1=O. The maximum atomic E-state index is 13.4. The zero-order valence-electron chi connectivity index (χ0n) is 12.6. The molecule has 7 heteroatoms. The van der Waals surface area contributed by atoms with Crippen molar-refractivity contribution in [1.82, 2.24) is 9.88 Å². The smallest absolute Gasteiger partial charge is 0.263 e. The molecule has 0 aliphatic heterocycles. The van der Waals surface area contributed by atoms with Gasteiger partial charge in [-0.2, -0.15) is 0 Å². The molecule has 1 aromatic carbocycles. The quantitative estimate of drug-likeness (QED) is 0.689. The first-order chi connectivity index (χ1) is 11.4. The van der Waals surface area contributed by atoms with Crippen LogP contribution >= 0.6 is 0 Å². The van der Waals surface area contributed by atoms with E-state index in [1.54, 1.807) is 0 Å². The van der Waals surface area contributed by atoms with Crippen LogP contribution in [0.5, 0.6) is 0 Å². The minimum absolute atomic E-state index is 0.0445. The number of rotatable bonds is 4. The molecule has 0 aliphatic rings. The number of hydrogen-bond donors (Lipinski definition) is 1. The third-order valence-corrected chi connectivity index (χ3v) is 3.48. The lowest BCUT2D eigenvalue weighted by molar-refractivity contribution is 0.0956. The van der Waals surface area contributed by atoms with Gasteiger partial charge in [-0.3, -0.25) is 9.59 Å². The Morgan fingerprint density at radius 3 is 2.54 bits per heavy atom. The Labute approximate surface area is 135 Å². The van der Waals surface area contributed by atoms with Crippen LogP contribution < -0.4 is 10.9 Å². The van der Waals surface area contributed by atoms with Gasteiger partial charge in [0.1, 0.15) is 5.56 Å². The number of terminal acetylenes is 1. The first kappa shape index (κ1) is 17.3. The molecule has 0 fully saturated rings. The third kappa shape index (κ3) is 3.33. The molecule has 2 aromatic rings. The van der Waals surface area contributed by atoms with Crippen molar-refractivity contribution in [2.75, 3.05) is 6.54 Å². The Morgan fingerprint density at radius 2 is 1.96 bits per heavy atom. The maximum Gasteiger partial charge on any atom is 0.263 e. The molecule has 0 spiro atoms. The highest BCUT2D eigenvalue weighted by molar-refractivity contribution is 5.93. The first-order valence-electron chi connectivity index (χ1n) is 6.94. The number of pyridine rings is 1. The van der Waals surface area contributed by atoms with Crippen LogP contribution in [0, 0.1) is 29.8 Å². The molecule has 2 rings (SSSR count). The number of carbonyl (C=O) groups is 1. The van der Waals surface area contributed by atoms with Crippen molar-refractivity contribution in [2.24, 2.45) is 0 Å². The number of benzene rings is 1. The molecular weight excluding hydrogens is 321 g/mol. The lowest BCUT2D eigenvalue weighted by atomic mass is 10.1. The van der Waals surface area contributed by atoms with Gasteiger partial charge in [0, 0.05) is 6.20 Å². The van der Waals surface area contributed by atoms with Crippen molar-refractivity contribution in [3.63, 3.8) is 0 Å². The Morgan fingerprint density at radius 1 is 1.33 bits per heavy atom. The summed E-state index contributed by atoms with van der Waals surface area (Å²) in [5.74, 6) is -2.74. The second kappa shape index (κ2) is 7.04. The molecule has 1 N–H and O–H groups in total. The summed E-state index contributed by atoms with van der Waals surface area (Å²) >= 11 is 0. The van der Waals surface area contributed by atoms with Crippen LogP contribution in [0.3, 0.4) is 0 Å². The van der Waals surface area contributed by atoms with Gasteiger partial charge in [0.05, 0.1) is 12.6 Å². The van der Waals surface area contributed by atoms with Crippen LogP contribution in [-0.2, 0) is 0 Å². The molecule has 124 valence electrons. The van der Waals surface area contributed by atoms with Crippen molar-refractivity contribution in [3.8, 4) is 12.3 Å². The number of carbonyl (C=O) groups excluding carboxylic acids is 1. The summed E-state index contributed by atoms with van der Waals surface area (Å²) in [7, 11) is 0. The fourth-order valence-corrected chi connectivity index (χ4v) is 2.19. The van der Waals surface area contributed by atoms with Crippen molar-refractivity contribution < 1.29 is 18.0 Å². The molecule has 0 aliphatic carbocycles. The lowest BCUT2D eigenvalue weighted by Gasteiger charge is -2.17. The van der Waals surface area contributed by atoms with Crippen molar-refractivity contribution >= 4 is 5.91 Å². The summed E-state index contributed by atoms with van der Waals surface area (Å²) in [6.45, 7) is 1.45. The van der Waals surface area contributed by atoms with Crippen LogP contribution in [0.15, 0.2) is 35.3 Å². The highest BCUT2D eigenvalue weighted by Crippen LogP contribution is 2.21. The van der Waals surface area contributed by atoms with Crippen LogP contribution in [0.25, 0.3) is 0 Å². The average Bonchev–Trinajstić information content (AvgIpc) is 2.56. The van der Waals surface area contributed by atoms with Gasteiger partial charge in [0.15, 0.2) is 17.5 Å². The predicted molar refractivity (Wildman–Crippen MR) is 82.0 cm³/mol. The molecule has 1 heterocycles. The molecule has 0 unspecified atom stereocenters. The average molecular weight is 334 g/mol. The largest absolute Gasteiger partial charge is 0.341 e. The van der Waals surface area contributed by atoms with Crippen LogP contribution in [0.1, 0.15) is 28.9 Å². The van der Waals surface area contributed by atoms with Crippen molar-refractivity contribution in [3.05, 3.63) is 69.4 Å². The molecule has 24 heavy (non-hydrogen) atoms. The van der Waals surface area contributed by atoms with Gasteiger partial charge in [-0.25, -0.2) is 13.2 Å². The number of halogens is 3. The van der Waals surface area contributed by atoms with E-state index in [0.717, 1.165) is 16.7 Å². The minimum atomic E-state index is -1.58. The van der Waals surface area contributed by atoms with E-state index in [2.05, 4.69) is 11.2 Å². The topological polar surface area (TPSA) is 51.1 Å². The number of nitrogens with zero attached hydrogens (tertiary/aromatic N) is 1.